The van der Waals surface area contributed by atoms with E-state index in [0.29, 0.717) is 24.3 Å². The highest BCUT2D eigenvalue weighted by molar-refractivity contribution is 5.42. The second kappa shape index (κ2) is 9.32. The van der Waals surface area contributed by atoms with Crippen LogP contribution in [0.4, 0.5) is 0 Å². The molecule has 0 bridgehead atoms. The molecule has 5 heteroatoms. The van der Waals surface area contributed by atoms with Crippen LogP contribution in [0.5, 0.6) is 5.75 Å². The fourth-order valence-corrected chi connectivity index (χ4v) is 1.89. The van der Waals surface area contributed by atoms with Gasteiger partial charge in [0.1, 0.15) is 24.5 Å². The molecule has 20 heavy (non-hydrogen) atoms. The maximum Gasteiger partial charge on any atom is 0.137 e. The molecule has 1 atom stereocenters. The molecule has 1 unspecified atom stereocenters. The predicted molar refractivity (Wildman–Crippen MR) is 76.5 cm³/mol. The summed E-state index contributed by atoms with van der Waals surface area (Å²) in [7, 11) is 0. The smallest absolute Gasteiger partial charge is 0.137 e. The van der Waals surface area contributed by atoms with Crippen molar-refractivity contribution >= 4 is 0 Å². The lowest BCUT2D eigenvalue weighted by Gasteiger charge is -2.23. The molecule has 0 aromatic heterocycles. The van der Waals surface area contributed by atoms with Crippen LogP contribution in [-0.4, -0.2) is 54.1 Å². The van der Waals surface area contributed by atoms with Crippen molar-refractivity contribution < 1.29 is 14.9 Å². The van der Waals surface area contributed by atoms with Crippen LogP contribution >= 0.6 is 0 Å². The number of para-hydroxylation sites is 1. The maximum atomic E-state index is 9.96. The van der Waals surface area contributed by atoms with E-state index in [-0.39, 0.29) is 13.2 Å². The summed E-state index contributed by atoms with van der Waals surface area (Å²) < 4.78 is 5.49. The van der Waals surface area contributed by atoms with E-state index in [4.69, 9.17) is 15.1 Å². The van der Waals surface area contributed by atoms with E-state index in [1.54, 1.807) is 24.3 Å². The largest absolute Gasteiger partial charge is 0.489 e. The summed E-state index contributed by atoms with van der Waals surface area (Å²) >= 11 is 0. The number of likely N-dealkylation sites (N-methyl/N-ethyl adjacent to an activating group) is 1. The molecule has 0 saturated heterocycles. The fraction of sp³-hybridized carbons (Fsp3) is 0.533. The van der Waals surface area contributed by atoms with Gasteiger partial charge in [-0.15, -0.1) is 0 Å². The number of ether oxygens (including phenoxy) is 1. The van der Waals surface area contributed by atoms with Crippen LogP contribution < -0.4 is 4.74 Å². The predicted octanol–water partition coefficient (Wildman–Crippen LogP) is 1.00. The lowest BCUT2D eigenvalue weighted by molar-refractivity contribution is 0.0676. The number of aliphatic hydroxyl groups is 2. The Morgan fingerprint density at radius 1 is 1.40 bits per heavy atom. The Bertz CT molecular complexity index is 431. The van der Waals surface area contributed by atoms with Crippen molar-refractivity contribution in [2.75, 3.05) is 32.8 Å². The molecule has 0 aliphatic carbocycles. The first-order valence-corrected chi connectivity index (χ1v) is 6.84. The van der Waals surface area contributed by atoms with Crippen molar-refractivity contribution in [2.45, 2.75) is 19.4 Å². The Balaban J connectivity index is 2.42. The third kappa shape index (κ3) is 5.57. The summed E-state index contributed by atoms with van der Waals surface area (Å²) in [4.78, 5) is 2.06. The Kier molecular flexibility index (Phi) is 7.66. The Hall–Kier alpha value is -1.61. The summed E-state index contributed by atoms with van der Waals surface area (Å²) in [5.74, 6) is 0.493. The van der Waals surface area contributed by atoms with Crippen LogP contribution in [0.25, 0.3) is 0 Å². The van der Waals surface area contributed by atoms with Crippen LogP contribution in [0.3, 0.4) is 0 Å². The van der Waals surface area contributed by atoms with Gasteiger partial charge in [0, 0.05) is 19.7 Å². The fourth-order valence-electron chi connectivity index (χ4n) is 1.89. The van der Waals surface area contributed by atoms with Crippen LogP contribution in [0.15, 0.2) is 24.3 Å². The molecule has 1 aromatic carbocycles. The van der Waals surface area contributed by atoms with Crippen molar-refractivity contribution in [3.8, 4) is 11.8 Å². The molecule has 110 valence electrons. The molecule has 5 nitrogen and oxygen atoms in total. The highest BCUT2D eigenvalue weighted by atomic mass is 16.5. The van der Waals surface area contributed by atoms with Gasteiger partial charge in [0.05, 0.1) is 5.56 Å². The zero-order valence-electron chi connectivity index (χ0n) is 11.8. The molecule has 1 rings (SSSR count). The summed E-state index contributed by atoms with van der Waals surface area (Å²) in [6.07, 6.45) is 0.0685. The van der Waals surface area contributed by atoms with Gasteiger partial charge < -0.3 is 19.8 Å². The van der Waals surface area contributed by atoms with Crippen molar-refractivity contribution in [1.29, 1.82) is 5.26 Å². The minimum atomic E-state index is -0.625. The lowest BCUT2D eigenvalue weighted by atomic mass is 10.2. The highest BCUT2D eigenvalue weighted by Gasteiger charge is 2.12. The first-order chi connectivity index (χ1) is 9.71. The van der Waals surface area contributed by atoms with Gasteiger partial charge in [0.25, 0.3) is 0 Å². The second-order valence-electron chi connectivity index (χ2n) is 4.54. The minimum absolute atomic E-state index is 0.147. The summed E-state index contributed by atoms with van der Waals surface area (Å²) in [6, 6.07) is 9.02. The number of aliphatic hydroxyl groups excluding tert-OH is 2. The number of hydrogen-bond acceptors (Lipinski definition) is 5. The summed E-state index contributed by atoms with van der Waals surface area (Å²) in [5, 5.41) is 27.7. The van der Waals surface area contributed by atoms with Crippen LogP contribution in [0.1, 0.15) is 18.9 Å². The average molecular weight is 278 g/mol. The Morgan fingerprint density at radius 3 is 2.80 bits per heavy atom. The van der Waals surface area contributed by atoms with Crippen molar-refractivity contribution in [3.05, 3.63) is 29.8 Å². The average Bonchev–Trinajstić information content (AvgIpc) is 2.49. The molecule has 0 aliphatic heterocycles. The van der Waals surface area contributed by atoms with Crippen molar-refractivity contribution in [3.63, 3.8) is 0 Å². The van der Waals surface area contributed by atoms with E-state index in [2.05, 4.69) is 11.0 Å². The molecule has 1 aromatic rings. The number of nitrogens with zero attached hydrogens (tertiary/aromatic N) is 2. The zero-order valence-corrected chi connectivity index (χ0v) is 11.8. The molecule has 0 spiro atoms. The van der Waals surface area contributed by atoms with Crippen LogP contribution in [0, 0.1) is 11.3 Å². The molecular weight excluding hydrogens is 256 g/mol. The monoisotopic (exact) mass is 278 g/mol. The summed E-state index contributed by atoms with van der Waals surface area (Å²) in [6.45, 7) is 4.36. The van der Waals surface area contributed by atoms with E-state index < -0.39 is 6.10 Å². The van der Waals surface area contributed by atoms with Crippen LogP contribution in [0.2, 0.25) is 0 Å². The van der Waals surface area contributed by atoms with Gasteiger partial charge in [-0.3, -0.25) is 0 Å². The zero-order chi connectivity index (χ0) is 14.8. The molecule has 0 heterocycles. The Morgan fingerprint density at radius 2 is 2.15 bits per heavy atom. The number of benzene rings is 1. The van der Waals surface area contributed by atoms with Gasteiger partial charge in [-0.05, 0) is 25.1 Å². The first kappa shape index (κ1) is 16.4. The van der Waals surface area contributed by atoms with Crippen molar-refractivity contribution in [2.24, 2.45) is 0 Å². The summed E-state index contributed by atoms with van der Waals surface area (Å²) in [5.41, 5.74) is 0.465. The molecule has 0 saturated carbocycles. The first-order valence-electron chi connectivity index (χ1n) is 6.84. The van der Waals surface area contributed by atoms with Gasteiger partial charge in [-0.25, -0.2) is 0 Å². The number of nitriles is 1. The minimum Gasteiger partial charge on any atom is -0.489 e. The number of rotatable bonds is 9. The number of hydrogen-bond donors (Lipinski definition) is 2. The lowest BCUT2D eigenvalue weighted by Crippen LogP contribution is -2.36. The van der Waals surface area contributed by atoms with E-state index in [9.17, 15) is 5.11 Å². The molecule has 2 N–H and O–H groups in total. The van der Waals surface area contributed by atoms with Gasteiger partial charge in [0.2, 0.25) is 0 Å². The normalized spacial score (nSPS) is 12.2. The standard InChI is InChI=1S/C15H22N2O3/c1-2-17(8-5-9-18)11-14(19)12-20-15-7-4-3-6-13(15)10-16/h3-4,6-7,14,18-19H,2,5,8-9,11-12H2,1H3. The molecular formula is C15H22N2O3. The molecule has 0 aliphatic rings. The molecule has 0 radical (unpaired) electrons. The van der Waals surface area contributed by atoms with Gasteiger partial charge in [-0.1, -0.05) is 19.1 Å². The molecule has 0 fully saturated rings. The van der Waals surface area contributed by atoms with Crippen LogP contribution in [-0.2, 0) is 0 Å². The molecule has 0 amide bonds. The Labute approximate surface area is 120 Å². The van der Waals surface area contributed by atoms with Gasteiger partial charge >= 0.3 is 0 Å². The third-order valence-corrected chi connectivity index (χ3v) is 2.99. The maximum absolute atomic E-state index is 9.96. The van der Waals surface area contributed by atoms with Gasteiger partial charge in [-0.2, -0.15) is 5.26 Å². The SMILES string of the molecule is CCN(CCCO)CC(O)COc1ccccc1C#N. The van der Waals surface area contributed by atoms with E-state index in [0.717, 1.165) is 13.1 Å². The topological polar surface area (TPSA) is 76.7 Å². The van der Waals surface area contributed by atoms with E-state index in [1.165, 1.54) is 0 Å². The second-order valence-corrected chi connectivity index (χ2v) is 4.54. The van der Waals surface area contributed by atoms with Gasteiger partial charge in [0.15, 0.2) is 0 Å². The highest BCUT2D eigenvalue weighted by Crippen LogP contribution is 2.16. The third-order valence-electron chi connectivity index (χ3n) is 2.99. The quantitative estimate of drug-likeness (QED) is 0.705. The van der Waals surface area contributed by atoms with E-state index >= 15 is 0 Å². The van der Waals surface area contributed by atoms with Crippen molar-refractivity contribution in [1.82, 2.24) is 4.90 Å². The van der Waals surface area contributed by atoms with E-state index in [1.807, 2.05) is 6.92 Å².